The molecule has 3 rings (SSSR count). The van der Waals surface area contributed by atoms with Crippen molar-refractivity contribution in [3.8, 4) is 11.5 Å². The van der Waals surface area contributed by atoms with Gasteiger partial charge in [0.05, 0.1) is 19.6 Å². The second-order valence-electron chi connectivity index (χ2n) is 7.81. The summed E-state index contributed by atoms with van der Waals surface area (Å²) >= 11 is 0. The number of methoxy groups -OCH3 is 2. The smallest absolute Gasteiger partial charge is 0.312 e. The van der Waals surface area contributed by atoms with Crippen LogP contribution in [0.25, 0.3) is 0 Å². The van der Waals surface area contributed by atoms with Crippen molar-refractivity contribution in [2.75, 3.05) is 14.2 Å². The van der Waals surface area contributed by atoms with Gasteiger partial charge in [0.25, 0.3) is 0 Å². The molecule has 5 nitrogen and oxygen atoms in total. The predicted molar refractivity (Wildman–Crippen MR) is 113 cm³/mol. The number of rotatable bonds is 6. The van der Waals surface area contributed by atoms with Gasteiger partial charge < -0.3 is 19.9 Å². The van der Waals surface area contributed by atoms with Crippen LogP contribution in [-0.4, -0.2) is 31.3 Å². The molecule has 0 aromatic heterocycles. The second kappa shape index (κ2) is 8.19. The Morgan fingerprint density at radius 3 is 2.34 bits per heavy atom. The van der Waals surface area contributed by atoms with Crippen LogP contribution in [0.1, 0.15) is 37.8 Å². The second-order valence-corrected chi connectivity index (χ2v) is 7.81. The van der Waals surface area contributed by atoms with Crippen molar-refractivity contribution in [2.45, 2.75) is 39.2 Å². The lowest BCUT2D eigenvalue weighted by atomic mass is 9.62. The first-order valence-corrected chi connectivity index (χ1v) is 9.78. The number of ether oxygens (including phenoxy) is 2. The summed E-state index contributed by atoms with van der Waals surface area (Å²) < 4.78 is 10.9. The van der Waals surface area contributed by atoms with Crippen LogP contribution in [0.5, 0.6) is 11.5 Å². The van der Waals surface area contributed by atoms with E-state index in [2.05, 4.69) is 17.4 Å². The van der Waals surface area contributed by atoms with E-state index in [0.717, 1.165) is 22.4 Å². The molecule has 1 aliphatic rings. The third-order valence-corrected chi connectivity index (χ3v) is 6.20. The monoisotopic (exact) mass is 395 g/mol. The molecule has 3 unspecified atom stereocenters. The quantitative estimate of drug-likeness (QED) is 0.759. The zero-order valence-electron chi connectivity index (χ0n) is 17.7. The van der Waals surface area contributed by atoms with E-state index in [4.69, 9.17) is 9.47 Å². The minimum Gasteiger partial charge on any atom is -0.493 e. The van der Waals surface area contributed by atoms with Gasteiger partial charge in [-0.3, -0.25) is 4.79 Å². The Morgan fingerprint density at radius 2 is 1.76 bits per heavy atom. The van der Waals surface area contributed by atoms with Crippen LogP contribution in [0.2, 0.25) is 0 Å². The van der Waals surface area contributed by atoms with Gasteiger partial charge in [-0.1, -0.05) is 36.4 Å². The van der Waals surface area contributed by atoms with Crippen LogP contribution in [0.4, 0.5) is 0 Å². The summed E-state index contributed by atoms with van der Waals surface area (Å²) in [6.07, 6.45) is 0.675. The first-order chi connectivity index (χ1) is 13.8. The SMILES string of the molecule is COc1ccc(C2C(Cc3ccccc3)=C(C)NC(C)C2(C)C(=O)O)cc1OC. The standard InChI is InChI=1S/C24H29NO4/c1-15-19(13-17-9-7-6-8-10-17)22(24(3,23(26)27)16(2)25-15)18-11-12-20(28-4)21(14-18)29-5/h6-12,14,16,22,25H,13H2,1-5H3,(H,26,27). The average Bonchev–Trinajstić information content (AvgIpc) is 2.72. The number of benzene rings is 2. The van der Waals surface area contributed by atoms with Crippen LogP contribution in [0.15, 0.2) is 59.8 Å². The van der Waals surface area contributed by atoms with Crippen LogP contribution >= 0.6 is 0 Å². The molecule has 29 heavy (non-hydrogen) atoms. The van der Waals surface area contributed by atoms with Crippen molar-refractivity contribution in [1.82, 2.24) is 5.32 Å². The molecule has 1 aliphatic heterocycles. The molecule has 0 saturated carbocycles. The van der Waals surface area contributed by atoms with Crippen molar-refractivity contribution in [1.29, 1.82) is 0 Å². The molecule has 0 spiro atoms. The summed E-state index contributed by atoms with van der Waals surface area (Å²) in [5, 5.41) is 13.7. The fourth-order valence-corrected chi connectivity index (χ4v) is 4.33. The number of nitrogens with one attached hydrogen (secondary N) is 1. The molecular formula is C24H29NO4. The van der Waals surface area contributed by atoms with E-state index in [1.165, 1.54) is 0 Å². The normalized spacial score (nSPS) is 24.0. The third kappa shape index (κ3) is 3.69. The summed E-state index contributed by atoms with van der Waals surface area (Å²) in [6.45, 7) is 5.79. The Balaban J connectivity index is 2.19. The predicted octanol–water partition coefficient (Wildman–Crippen LogP) is 4.39. The van der Waals surface area contributed by atoms with Crippen molar-refractivity contribution in [3.05, 3.63) is 70.9 Å². The lowest BCUT2D eigenvalue weighted by molar-refractivity contribution is -0.151. The highest BCUT2D eigenvalue weighted by molar-refractivity contribution is 5.78. The van der Waals surface area contributed by atoms with E-state index < -0.39 is 11.4 Å². The van der Waals surface area contributed by atoms with Crippen LogP contribution in [-0.2, 0) is 11.2 Å². The van der Waals surface area contributed by atoms with Gasteiger partial charge in [-0.05, 0) is 56.0 Å². The van der Waals surface area contributed by atoms with Gasteiger partial charge >= 0.3 is 5.97 Å². The van der Waals surface area contributed by atoms with Crippen LogP contribution in [0.3, 0.4) is 0 Å². The Kier molecular flexibility index (Phi) is 5.87. The minimum absolute atomic E-state index is 0.238. The topological polar surface area (TPSA) is 67.8 Å². The largest absolute Gasteiger partial charge is 0.493 e. The highest BCUT2D eigenvalue weighted by Crippen LogP contribution is 2.50. The summed E-state index contributed by atoms with van der Waals surface area (Å²) in [7, 11) is 3.19. The van der Waals surface area contributed by atoms with E-state index in [-0.39, 0.29) is 12.0 Å². The zero-order chi connectivity index (χ0) is 21.2. The van der Waals surface area contributed by atoms with E-state index in [9.17, 15) is 9.90 Å². The fourth-order valence-electron chi connectivity index (χ4n) is 4.33. The Morgan fingerprint density at radius 1 is 1.10 bits per heavy atom. The molecule has 0 amide bonds. The summed E-state index contributed by atoms with van der Waals surface area (Å²) in [6, 6.07) is 15.6. The molecular weight excluding hydrogens is 366 g/mol. The number of carboxylic acids is 1. The van der Waals surface area contributed by atoms with E-state index in [1.54, 1.807) is 14.2 Å². The Labute approximate surface area is 172 Å². The van der Waals surface area contributed by atoms with E-state index in [1.807, 2.05) is 57.2 Å². The van der Waals surface area contributed by atoms with Gasteiger partial charge in [-0.25, -0.2) is 0 Å². The van der Waals surface area contributed by atoms with Crippen LogP contribution in [0, 0.1) is 5.41 Å². The summed E-state index contributed by atoms with van der Waals surface area (Å²) in [4.78, 5) is 12.5. The highest BCUT2D eigenvalue weighted by Gasteiger charge is 2.51. The maximum absolute atomic E-state index is 12.5. The maximum Gasteiger partial charge on any atom is 0.312 e. The number of aliphatic carboxylic acids is 1. The van der Waals surface area contributed by atoms with Crippen molar-refractivity contribution < 1.29 is 19.4 Å². The van der Waals surface area contributed by atoms with Gasteiger partial charge in [0.1, 0.15) is 0 Å². The number of allylic oxidation sites excluding steroid dienone is 2. The zero-order valence-corrected chi connectivity index (χ0v) is 17.7. The number of hydrogen-bond donors (Lipinski definition) is 2. The highest BCUT2D eigenvalue weighted by atomic mass is 16.5. The van der Waals surface area contributed by atoms with Crippen molar-refractivity contribution in [2.24, 2.45) is 5.41 Å². The van der Waals surface area contributed by atoms with Gasteiger partial charge in [0.15, 0.2) is 11.5 Å². The molecule has 5 heteroatoms. The molecule has 3 atom stereocenters. The lowest BCUT2D eigenvalue weighted by Crippen LogP contribution is -2.54. The Hall–Kier alpha value is -2.95. The fraction of sp³-hybridized carbons (Fsp3) is 0.375. The number of carbonyl (C=O) groups is 1. The lowest BCUT2D eigenvalue weighted by Gasteiger charge is -2.46. The minimum atomic E-state index is -1.02. The number of hydrogen-bond acceptors (Lipinski definition) is 4. The molecule has 2 aromatic carbocycles. The molecule has 2 aromatic rings. The first-order valence-electron chi connectivity index (χ1n) is 9.78. The number of carboxylic acid groups (broad SMARTS) is 1. The van der Waals surface area contributed by atoms with Gasteiger partial charge in [0.2, 0.25) is 0 Å². The maximum atomic E-state index is 12.5. The van der Waals surface area contributed by atoms with E-state index >= 15 is 0 Å². The molecule has 0 saturated heterocycles. The molecule has 1 heterocycles. The molecule has 0 bridgehead atoms. The van der Waals surface area contributed by atoms with Gasteiger partial charge in [0, 0.05) is 17.7 Å². The molecule has 0 fully saturated rings. The first kappa shape index (κ1) is 20.8. The van der Waals surface area contributed by atoms with Crippen molar-refractivity contribution >= 4 is 5.97 Å². The van der Waals surface area contributed by atoms with Crippen LogP contribution < -0.4 is 14.8 Å². The molecule has 154 valence electrons. The van der Waals surface area contributed by atoms with Crippen molar-refractivity contribution in [3.63, 3.8) is 0 Å². The third-order valence-electron chi connectivity index (χ3n) is 6.20. The molecule has 2 N–H and O–H groups in total. The van der Waals surface area contributed by atoms with Gasteiger partial charge in [-0.2, -0.15) is 0 Å². The average molecular weight is 395 g/mol. The molecule has 0 radical (unpaired) electrons. The summed E-state index contributed by atoms with van der Waals surface area (Å²) in [5.74, 6) is 0.0906. The Bertz CT molecular complexity index is 922. The van der Waals surface area contributed by atoms with E-state index in [0.29, 0.717) is 17.9 Å². The van der Waals surface area contributed by atoms with Gasteiger partial charge in [-0.15, -0.1) is 0 Å². The summed E-state index contributed by atoms with van der Waals surface area (Å²) in [5.41, 5.74) is 3.14. The molecule has 0 aliphatic carbocycles.